The topological polar surface area (TPSA) is 111 Å². The normalized spacial score (nSPS) is 27.9. The van der Waals surface area contributed by atoms with E-state index >= 15 is 0 Å². The molecule has 5 rings (SSSR count). The Balaban J connectivity index is 1.29. The molecule has 1 aromatic rings. The molecule has 0 aromatic carbocycles. The quantitative estimate of drug-likeness (QED) is 0.599. The Hall–Kier alpha value is -2.92. The van der Waals surface area contributed by atoms with E-state index in [1.807, 2.05) is 31.0 Å². The first kappa shape index (κ1) is 23.8. The van der Waals surface area contributed by atoms with Crippen molar-refractivity contribution in [3.63, 3.8) is 0 Å². The van der Waals surface area contributed by atoms with Gasteiger partial charge in [0.25, 0.3) is 0 Å². The summed E-state index contributed by atoms with van der Waals surface area (Å²) in [4.78, 5) is 25.3. The number of ether oxygens (including phenoxy) is 3. The lowest BCUT2D eigenvalue weighted by atomic mass is 9.84. The first-order valence-electron chi connectivity index (χ1n) is 11.8. The largest absolute Gasteiger partial charge is 0.473 e. The number of likely N-dealkylation sites (tertiary alicyclic amines) is 1. The summed E-state index contributed by atoms with van der Waals surface area (Å²) >= 11 is 0. The SMILES string of the molecule is CC(C)OC(=O)N1CC2COCC(C1)C2Oc1cc(N2C=CC3=CC(S(C)(=O)=O)=CCC32)ncn1. The molecule has 0 saturated carbocycles. The van der Waals surface area contributed by atoms with E-state index in [-0.39, 0.29) is 36.2 Å². The van der Waals surface area contributed by atoms with Crippen molar-refractivity contribution in [2.24, 2.45) is 11.8 Å². The minimum atomic E-state index is -3.25. The van der Waals surface area contributed by atoms with Gasteiger partial charge in [0, 0.05) is 43.4 Å². The number of aromatic nitrogens is 2. The van der Waals surface area contributed by atoms with Crippen LogP contribution in [-0.4, -0.2) is 80.2 Å². The lowest BCUT2D eigenvalue weighted by Crippen LogP contribution is -2.58. The van der Waals surface area contributed by atoms with Crippen LogP contribution in [0.1, 0.15) is 20.3 Å². The van der Waals surface area contributed by atoms with Crippen LogP contribution in [0.3, 0.4) is 0 Å². The van der Waals surface area contributed by atoms with E-state index in [2.05, 4.69) is 9.97 Å². The lowest BCUT2D eigenvalue weighted by Gasteiger charge is -2.45. The van der Waals surface area contributed by atoms with Crippen molar-refractivity contribution in [3.8, 4) is 5.88 Å². The predicted octanol–water partition coefficient (Wildman–Crippen LogP) is 2.31. The van der Waals surface area contributed by atoms with Gasteiger partial charge in [-0.15, -0.1) is 0 Å². The average Bonchev–Trinajstić information content (AvgIpc) is 3.21. The van der Waals surface area contributed by atoms with Crippen LogP contribution >= 0.6 is 0 Å². The molecule has 4 aliphatic rings. The Morgan fingerprint density at radius 3 is 2.63 bits per heavy atom. The number of amides is 1. The maximum absolute atomic E-state index is 12.4. The van der Waals surface area contributed by atoms with Crippen molar-refractivity contribution >= 4 is 21.7 Å². The van der Waals surface area contributed by atoms with Crippen LogP contribution in [0.5, 0.6) is 5.88 Å². The second-order valence-electron chi connectivity index (χ2n) is 9.69. The highest BCUT2D eigenvalue weighted by Crippen LogP contribution is 2.35. The number of nitrogens with zero attached hydrogens (tertiary/aromatic N) is 4. The van der Waals surface area contributed by atoms with Crippen molar-refractivity contribution in [1.29, 1.82) is 0 Å². The number of hydrogen-bond donors (Lipinski definition) is 0. The predicted molar refractivity (Wildman–Crippen MR) is 128 cm³/mol. The summed E-state index contributed by atoms with van der Waals surface area (Å²) in [6.45, 7) is 5.70. The van der Waals surface area contributed by atoms with Gasteiger partial charge in [0.1, 0.15) is 18.2 Å². The van der Waals surface area contributed by atoms with E-state index in [4.69, 9.17) is 14.2 Å². The van der Waals surface area contributed by atoms with Crippen LogP contribution in [0.2, 0.25) is 0 Å². The lowest BCUT2D eigenvalue weighted by molar-refractivity contribution is -0.111. The third-order valence-corrected chi connectivity index (χ3v) is 7.81. The molecular formula is C24H30N4O6S. The molecule has 3 atom stereocenters. The van der Waals surface area contributed by atoms with Crippen molar-refractivity contribution in [3.05, 3.63) is 47.3 Å². The fraction of sp³-hybridized carbons (Fsp3) is 0.542. The molecule has 0 N–H and O–H groups in total. The number of rotatable bonds is 5. The molecule has 0 radical (unpaired) electrons. The van der Waals surface area contributed by atoms with E-state index in [0.29, 0.717) is 49.3 Å². The number of carbonyl (C=O) groups is 1. The molecule has 1 amide bonds. The Morgan fingerprint density at radius 2 is 1.94 bits per heavy atom. The molecule has 1 aliphatic carbocycles. The Bertz CT molecular complexity index is 1180. The zero-order valence-corrected chi connectivity index (χ0v) is 20.8. The van der Waals surface area contributed by atoms with Gasteiger partial charge in [-0.1, -0.05) is 6.08 Å². The molecule has 35 heavy (non-hydrogen) atoms. The van der Waals surface area contributed by atoms with Crippen molar-refractivity contribution in [1.82, 2.24) is 14.9 Å². The molecule has 0 spiro atoms. The van der Waals surface area contributed by atoms with Gasteiger partial charge in [0.05, 0.1) is 30.3 Å². The fourth-order valence-corrected chi connectivity index (χ4v) is 5.82. The van der Waals surface area contributed by atoms with Crippen LogP contribution in [0.15, 0.2) is 47.3 Å². The maximum Gasteiger partial charge on any atom is 0.410 e. The van der Waals surface area contributed by atoms with Gasteiger partial charge in [0.2, 0.25) is 5.88 Å². The molecule has 2 bridgehead atoms. The summed E-state index contributed by atoms with van der Waals surface area (Å²) in [7, 11) is -3.25. The molecule has 3 aliphatic heterocycles. The number of sulfone groups is 1. The highest BCUT2D eigenvalue weighted by molar-refractivity contribution is 7.94. The highest BCUT2D eigenvalue weighted by Gasteiger charge is 2.44. The van der Waals surface area contributed by atoms with Crippen LogP contribution in [0.25, 0.3) is 0 Å². The smallest absolute Gasteiger partial charge is 0.410 e. The van der Waals surface area contributed by atoms with Crippen LogP contribution < -0.4 is 9.64 Å². The third kappa shape index (κ3) is 4.92. The number of fused-ring (bicyclic) bond motifs is 3. The summed E-state index contributed by atoms with van der Waals surface area (Å²) in [5.41, 5.74) is 0.932. The van der Waals surface area contributed by atoms with E-state index in [9.17, 15) is 13.2 Å². The molecule has 1 aromatic heterocycles. The van der Waals surface area contributed by atoms with E-state index in [0.717, 1.165) is 5.57 Å². The van der Waals surface area contributed by atoms with E-state index in [1.54, 1.807) is 23.1 Å². The third-order valence-electron chi connectivity index (χ3n) is 6.67. The zero-order valence-electron chi connectivity index (χ0n) is 20.0. The van der Waals surface area contributed by atoms with Crippen molar-refractivity contribution < 1.29 is 27.4 Å². The maximum atomic E-state index is 12.4. The molecule has 2 fully saturated rings. The van der Waals surface area contributed by atoms with Gasteiger partial charge in [-0.25, -0.2) is 23.2 Å². The van der Waals surface area contributed by atoms with Crippen LogP contribution in [0.4, 0.5) is 10.6 Å². The van der Waals surface area contributed by atoms with E-state index in [1.165, 1.54) is 12.6 Å². The number of hydrogen-bond acceptors (Lipinski definition) is 9. The fourth-order valence-electron chi connectivity index (χ4n) is 5.07. The summed E-state index contributed by atoms with van der Waals surface area (Å²) in [5.74, 6) is 1.17. The summed E-state index contributed by atoms with van der Waals surface area (Å²) in [6, 6.07) is 1.78. The molecule has 4 heterocycles. The molecule has 11 heteroatoms. The molecule has 10 nitrogen and oxygen atoms in total. The van der Waals surface area contributed by atoms with Crippen LogP contribution in [0, 0.1) is 11.8 Å². The van der Waals surface area contributed by atoms with Crippen molar-refractivity contribution in [2.45, 2.75) is 38.5 Å². The molecular weight excluding hydrogens is 472 g/mol. The Morgan fingerprint density at radius 1 is 1.20 bits per heavy atom. The standard InChI is InChI=1S/C24H30N4O6S/c1-15(2)33-24(29)27-10-17-12-32-13-18(11-27)23(17)34-22-9-21(25-14-26-22)28-7-6-16-8-19(35(3,30)31)4-5-20(16)28/h4,6-9,14-15,17-18,20,23H,5,10-13H2,1-3H3. The summed E-state index contributed by atoms with van der Waals surface area (Å²) in [5, 5.41) is 0. The monoisotopic (exact) mass is 502 g/mol. The second kappa shape index (κ2) is 9.27. The number of allylic oxidation sites excluding steroid dienone is 1. The van der Waals surface area contributed by atoms with Crippen molar-refractivity contribution in [2.75, 3.05) is 37.5 Å². The first-order valence-corrected chi connectivity index (χ1v) is 13.7. The summed E-state index contributed by atoms with van der Waals surface area (Å²) in [6.07, 6.45) is 9.95. The van der Waals surface area contributed by atoms with Gasteiger partial charge in [0.15, 0.2) is 9.84 Å². The minimum absolute atomic E-state index is 0.0136. The van der Waals surface area contributed by atoms with Crippen LogP contribution in [-0.2, 0) is 19.3 Å². The highest BCUT2D eigenvalue weighted by atomic mass is 32.2. The van der Waals surface area contributed by atoms with Gasteiger partial charge < -0.3 is 24.0 Å². The zero-order chi connectivity index (χ0) is 24.7. The average molecular weight is 503 g/mol. The second-order valence-corrected chi connectivity index (χ2v) is 11.7. The van der Waals surface area contributed by atoms with Gasteiger partial charge in [-0.2, -0.15) is 0 Å². The number of anilines is 1. The molecule has 3 unspecified atom stereocenters. The Labute approximate surface area is 205 Å². The first-order chi connectivity index (χ1) is 16.7. The van der Waals surface area contributed by atoms with Gasteiger partial charge in [-0.05, 0) is 38.0 Å². The summed E-state index contributed by atoms with van der Waals surface area (Å²) < 4.78 is 41.3. The molecule has 2 saturated heterocycles. The molecule has 188 valence electrons. The number of piperidine rings is 1. The van der Waals surface area contributed by atoms with E-state index < -0.39 is 9.84 Å². The Kier molecular flexibility index (Phi) is 6.30. The number of carbonyl (C=O) groups excluding carboxylic acids is 1. The van der Waals surface area contributed by atoms with Gasteiger partial charge >= 0.3 is 6.09 Å². The van der Waals surface area contributed by atoms with Gasteiger partial charge in [-0.3, -0.25) is 0 Å². The minimum Gasteiger partial charge on any atom is -0.473 e.